The van der Waals surface area contributed by atoms with Crippen LogP contribution in [0.5, 0.6) is 0 Å². The highest BCUT2D eigenvalue weighted by molar-refractivity contribution is 5.86. The number of rotatable bonds is 3. The monoisotopic (exact) mass is 243 g/mol. The van der Waals surface area contributed by atoms with Crippen molar-refractivity contribution in [3.05, 3.63) is 41.3 Å². The summed E-state index contributed by atoms with van der Waals surface area (Å²) in [5.74, 6) is -0.385. The Morgan fingerprint density at radius 1 is 1.33 bits per heavy atom. The number of hydrogen-bond acceptors (Lipinski definition) is 3. The lowest BCUT2D eigenvalue weighted by molar-refractivity contribution is 0.0661. The van der Waals surface area contributed by atoms with Crippen molar-refractivity contribution in [1.29, 1.82) is 0 Å². The topological polar surface area (TPSA) is 63.3 Å². The zero-order chi connectivity index (χ0) is 12.7. The minimum atomic E-state index is -1.04. The molecule has 1 saturated carbocycles. The SMILES string of the molecule is Cc1ccc(-c2nc(C3CC3)c(C(=O)O)o2)cc1. The van der Waals surface area contributed by atoms with Crippen LogP contribution in [0.2, 0.25) is 0 Å². The van der Waals surface area contributed by atoms with Gasteiger partial charge in [0.05, 0.1) is 5.69 Å². The second-order valence-electron chi connectivity index (χ2n) is 4.68. The molecule has 4 nitrogen and oxygen atoms in total. The molecule has 0 atom stereocenters. The number of carbonyl (C=O) groups is 1. The summed E-state index contributed by atoms with van der Waals surface area (Å²) in [4.78, 5) is 15.5. The van der Waals surface area contributed by atoms with Gasteiger partial charge in [0.25, 0.3) is 0 Å². The summed E-state index contributed by atoms with van der Waals surface area (Å²) in [6.45, 7) is 2.00. The molecular weight excluding hydrogens is 230 g/mol. The van der Waals surface area contributed by atoms with Gasteiger partial charge in [0, 0.05) is 11.5 Å². The number of carboxylic acids is 1. The van der Waals surface area contributed by atoms with Gasteiger partial charge in [-0.15, -0.1) is 0 Å². The highest BCUT2D eigenvalue weighted by atomic mass is 16.4. The predicted molar refractivity (Wildman–Crippen MR) is 65.6 cm³/mol. The molecular formula is C14H13NO3. The van der Waals surface area contributed by atoms with E-state index in [1.165, 1.54) is 0 Å². The van der Waals surface area contributed by atoms with Gasteiger partial charge in [0.15, 0.2) is 0 Å². The lowest BCUT2D eigenvalue weighted by atomic mass is 10.1. The van der Waals surface area contributed by atoms with Crippen molar-refractivity contribution in [2.45, 2.75) is 25.7 Å². The van der Waals surface area contributed by atoms with Crippen LogP contribution < -0.4 is 0 Å². The quantitative estimate of drug-likeness (QED) is 0.898. The first-order chi connectivity index (χ1) is 8.65. The van der Waals surface area contributed by atoms with Crippen LogP contribution in [0.15, 0.2) is 28.7 Å². The molecule has 1 N–H and O–H groups in total. The van der Waals surface area contributed by atoms with Crippen LogP contribution in [-0.4, -0.2) is 16.1 Å². The van der Waals surface area contributed by atoms with Crippen LogP contribution in [0.3, 0.4) is 0 Å². The molecule has 18 heavy (non-hydrogen) atoms. The third-order valence-electron chi connectivity index (χ3n) is 3.11. The zero-order valence-electron chi connectivity index (χ0n) is 10.0. The molecule has 1 fully saturated rings. The van der Waals surface area contributed by atoms with Crippen molar-refractivity contribution in [2.75, 3.05) is 0 Å². The first-order valence-corrected chi connectivity index (χ1v) is 5.96. The molecule has 0 aliphatic heterocycles. The fraction of sp³-hybridized carbons (Fsp3) is 0.286. The highest BCUT2D eigenvalue weighted by Gasteiger charge is 2.33. The number of aryl methyl sites for hydroxylation is 1. The van der Waals surface area contributed by atoms with Crippen molar-refractivity contribution < 1.29 is 14.3 Å². The minimum absolute atomic E-state index is 0.00641. The van der Waals surface area contributed by atoms with E-state index in [-0.39, 0.29) is 11.7 Å². The van der Waals surface area contributed by atoms with E-state index >= 15 is 0 Å². The van der Waals surface area contributed by atoms with Gasteiger partial charge >= 0.3 is 5.97 Å². The van der Waals surface area contributed by atoms with Crippen molar-refractivity contribution in [3.8, 4) is 11.5 Å². The van der Waals surface area contributed by atoms with E-state index in [2.05, 4.69) is 4.98 Å². The van der Waals surface area contributed by atoms with Crippen molar-refractivity contribution in [1.82, 2.24) is 4.98 Å². The maximum Gasteiger partial charge on any atom is 0.373 e. The molecule has 1 heterocycles. The standard InChI is InChI=1S/C14H13NO3/c1-8-2-4-10(5-3-8)13-15-11(9-6-7-9)12(18-13)14(16)17/h2-5,9H,6-7H2,1H3,(H,16,17). The molecule has 2 aromatic rings. The van der Waals surface area contributed by atoms with Gasteiger partial charge in [-0.25, -0.2) is 9.78 Å². The Morgan fingerprint density at radius 2 is 2.00 bits per heavy atom. The Kier molecular flexibility index (Phi) is 2.44. The van der Waals surface area contributed by atoms with E-state index in [1.807, 2.05) is 31.2 Å². The molecule has 3 rings (SSSR count). The third-order valence-corrected chi connectivity index (χ3v) is 3.11. The van der Waals surface area contributed by atoms with Gasteiger partial charge in [-0.1, -0.05) is 17.7 Å². The number of benzene rings is 1. The summed E-state index contributed by atoms with van der Waals surface area (Å²) in [6, 6.07) is 7.69. The lowest BCUT2D eigenvalue weighted by Gasteiger charge is -1.95. The van der Waals surface area contributed by atoms with Gasteiger partial charge in [0.1, 0.15) is 0 Å². The van der Waals surface area contributed by atoms with Crippen LogP contribution >= 0.6 is 0 Å². The summed E-state index contributed by atoms with van der Waals surface area (Å²) in [5.41, 5.74) is 2.55. The second kappa shape index (κ2) is 3.98. The number of aromatic nitrogens is 1. The molecule has 92 valence electrons. The molecule has 0 radical (unpaired) electrons. The van der Waals surface area contributed by atoms with E-state index in [9.17, 15) is 4.79 Å². The average Bonchev–Trinajstić information content (AvgIpc) is 3.09. The average molecular weight is 243 g/mol. The van der Waals surface area contributed by atoms with E-state index in [0.717, 1.165) is 24.0 Å². The molecule has 1 aromatic carbocycles. The maximum atomic E-state index is 11.1. The predicted octanol–water partition coefficient (Wildman–Crippen LogP) is 3.23. The van der Waals surface area contributed by atoms with E-state index in [1.54, 1.807) is 0 Å². The van der Waals surface area contributed by atoms with Crippen LogP contribution in [0, 0.1) is 6.92 Å². The third kappa shape index (κ3) is 1.90. The second-order valence-corrected chi connectivity index (χ2v) is 4.68. The first kappa shape index (κ1) is 11.0. The Balaban J connectivity index is 2.04. The van der Waals surface area contributed by atoms with Crippen molar-refractivity contribution in [2.24, 2.45) is 0 Å². The Hall–Kier alpha value is -2.10. The van der Waals surface area contributed by atoms with Crippen LogP contribution in [-0.2, 0) is 0 Å². The maximum absolute atomic E-state index is 11.1. The van der Waals surface area contributed by atoms with Gasteiger partial charge in [-0.3, -0.25) is 0 Å². The highest BCUT2D eigenvalue weighted by Crippen LogP contribution is 2.42. The molecule has 1 aromatic heterocycles. The summed E-state index contributed by atoms with van der Waals surface area (Å²) in [7, 11) is 0. The summed E-state index contributed by atoms with van der Waals surface area (Å²) >= 11 is 0. The van der Waals surface area contributed by atoms with Gasteiger partial charge in [-0.2, -0.15) is 0 Å². The first-order valence-electron chi connectivity index (χ1n) is 5.96. The van der Waals surface area contributed by atoms with Crippen LogP contribution in [0.4, 0.5) is 0 Å². The van der Waals surface area contributed by atoms with E-state index in [4.69, 9.17) is 9.52 Å². The largest absolute Gasteiger partial charge is 0.475 e. The van der Waals surface area contributed by atoms with Gasteiger partial charge in [-0.05, 0) is 31.9 Å². The molecule has 0 unspecified atom stereocenters. The van der Waals surface area contributed by atoms with Crippen molar-refractivity contribution >= 4 is 5.97 Å². The van der Waals surface area contributed by atoms with Gasteiger partial charge in [0.2, 0.25) is 11.7 Å². The summed E-state index contributed by atoms with van der Waals surface area (Å²) in [5, 5.41) is 9.11. The van der Waals surface area contributed by atoms with Crippen LogP contribution in [0.25, 0.3) is 11.5 Å². The Bertz CT molecular complexity index is 594. The molecule has 1 aliphatic rings. The number of hydrogen-bond donors (Lipinski definition) is 1. The molecule has 0 saturated heterocycles. The fourth-order valence-electron chi connectivity index (χ4n) is 1.94. The molecule has 0 spiro atoms. The minimum Gasteiger partial charge on any atom is -0.475 e. The fourth-order valence-corrected chi connectivity index (χ4v) is 1.94. The smallest absolute Gasteiger partial charge is 0.373 e. The Labute approximate surface area is 104 Å². The number of carboxylic acid groups (broad SMARTS) is 1. The summed E-state index contributed by atoms with van der Waals surface area (Å²) < 4.78 is 5.39. The lowest BCUT2D eigenvalue weighted by Crippen LogP contribution is -1.98. The van der Waals surface area contributed by atoms with Crippen LogP contribution in [0.1, 0.15) is 40.6 Å². The van der Waals surface area contributed by atoms with E-state index < -0.39 is 5.97 Å². The molecule has 1 aliphatic carbocycles. The van der Waals surface area contributed by atoms with Gasteiger partial charge < -0.3 is 9.52 Å². The van der Waals surface area contributed by atoms with E-state index in [0.29, 0.717) is 11.6 Å². The summed E-state index contributed by atoms with van der Waals surface area (Å²) in [6.07, 6.45) is 2.00. The number of aromatic carboxylic acids is 1. The number of oxazole rings is 1. The zero-order valence-corrected chi connectivity index (χ0v) is 10.0. The Morgan fingerprint density at radius 3 is 2.56 bits per heavy atom. The molecule has 0 bridgehead atoms. The number of nitrogens with zero attached hydrogens (tertiary/aromatic N) is 1. The molecule has 4 heteroatoms. The molecule has 0 amide bonds. The normalized spacial score (nSPS) is 14.7. The van der Waals surface area contributed by atoms with Crippen molar-refractivity contribution in [3.63, 3.8) is 0 Å².